The van der Waals surface area contributed by atoms with E-state index in [1.807, 2.05) is 17.8 Å². The molecule has 0 atom stereocenters. The summed E-state index contributed by atoms with van der Waals surface area (Å²) in [4.78, 5) is 13.8. The number of rotatable bonds is 4. The second kappa shape index (κ2) is 6.29. The van der Waals surface area contributed by atoms with Crippen molar-refractivity contribution >= 4 is 28.4 Å². The number of anilines is 1. The molecule has 2 aromatic rings. The van der Waals surface area contributed by atoms with Crippen molar-refractivity contribution in [2.24, 2.45) is 7.05 Å². The maximum absolute atomic E-state index is 4.77. The van der Waals surface area contributed by atoms with Gasteiger partial charge in [-0.15, -0.1) is 0 Å². The number of imidazole rings is 1. The molecule has 0 aliphatic rings. The van der Waals surface area contributed by atoms with Crippen LogP contribution in [-0.2, 0) is 12.5 Å². The van der Waals surface area contributed by atoms with Crippen LogP contribution in [0.4, 0.5) is 5.82 Å². The Labute approximate surface area is 139 Å². The zero-order chi connectivity index (χ0) is 15.6. The number of halogens is 1. The Bertz CT molecular complexity index is 627. The fraction of sp³-hybridized carbons (Fsp3) is 0.533. The molecule has 2 heterocycles. The SMILES string of the molecule is CCCNc1nc(-c2nccn2C)nc(C(C)(C)C)c1I. The molecule has 0 fully saturated rings. The molecule has 2 aromatic heterocycles. The first-order valence-corrected chi connectivity index (χ1v) is 8.22. The second-order valence-electron chi connectivity index (χ2n) is 6.10. The van der Waals surface area contributed by atoms with Gasteiger partial charge in [0.05, 0.1) is 9.26 Å². The van der Waals surface area contributed by atoms with Crippen molar-refractivity contribution in [2.45, 2.75) is 39.5 Å². The van der Waals surface area contributed by atoms with Crippen LogP contribution in [0, 0.1) is 3.57 Å². The van der Waals surface area contributed by atoms with E-state index in [0.29, 0.717) is 5.82 Å². The Morgan fingerprint density at radius 1 is 1.29 bits per heavy atom. The number of nitrogens with one attached hydrogen (secondary N) is 1. The van der Waals surface area contributed by atoms with Crippen LogP contribution in [0.3, 0.4) is 0 Å². The van der Waals surface area contributed by atoms with E-state index in [0.717, 1.165) is 33.9 Å². The number of nitrogens with zero attached hydrogens (tertiary/aromatic N) is 4. The Morgan fingerprint density at radius 3 is 2.52 bits per heavy atom. The third-order valence-corrected chi connectivity index (χ3v) is 4.15. The van der Waals surface area contributed by atoms with Gasteiger partial charge in [0.15, 0.2) is 11.6 Å². The highest BCUT2D eigenvalue weighted by Gasteiger charge is 2.24. The summed E-state index contributed by atoms with van der Waals surface area (Å²) in [5.74, 6) is 2.36. The molecule has 1 N–H and O–H groups in total. The van der Waals surface area contributed by atoms with Crippen molar-refractivity contribution in [3.63, 3.8) is 0 Å². The lowest BCUT2D eigenvalue weighted by Gasteiger charge is -2.22. The van der Waals surface area contributed by atoms with E-state index < -0.39 is 0 Å². The lowest BCUT2D eigenvalue weighted by molar-refractivity contribution is 0.563. The fourth-order valence-corrected chi connectivity index (χ4v) is 3.23. The predicted octanol–water partition coefficient (Wildman–Crippen LogP) is 3.60. The highest BCUT2D eigenvalue weighted by molar-refractivity contribution is 14.1. The van der Waals surface area contributed by atoms with Gasteiger partial charge in [-0.3, -0.25) is 0 Å². The molecular weight excluding hydrogens is 377 g/mol. The number of hydrogen-bond acceptors (Lipinski definition) is 4. The zero-order valence-corrected chi connectivity index (χ0v) is 15.4. The molecule has 0 saturated carbocycles. The van der Waals surface area contributed by atoms with Crippen LogP contribution < -0.4 is 5.32 Å². The first-order chi connectivity index (χ1) is 9.84. The van der Waals surface area contributed by atoms with Gasteiger partial charge in [-0.05, 0) is 29.0 Å². The molecule has 0 aliphatic heterocycles. The largest absolute Gasteiger partial charge is 0.369 e. The monoisotopic (exact) mass is 399 g/mol. The minimum Gasteiger partial charge on any atom is -0.369 e. The van der Waals surface area contributed by atoms with E-state index in [2.05, 4.69) is 65.6 Å². The molecule has 114 valence electrons. The topological polar surface area (TPSA) is 55.6 Å². The molecule has 2 rings (SSSR count). The van der Waals surface area contributed by atoms with Crippen molar-refractivity contribution in [3.05, 3.63) is 21.7 Å². The standard InChI is InChI=1S/C15H22IN5/c1-6-7-17-12-10(16)11(15(2,3)4)19-13(20-12)14-18-8-9-21(14)5/h8-9H,6-7H2,1-5H3,(H,17,19,20). The molecule has 0 bridgehead atoms. The molecule has 0 amide bonds. The van der Waals surface area contributed by atoms with Crippen LogP contribution in [0.1, 0.15) is 39.8 Å². The van der Waals surface area contributed by atoms with Crippen molar-refractivity contribution in [1.82, 2.24) is 19.5 Å². The van der Waals surface area contributed by atoms with Crippen molar-refractivity contribution in [2.75, 3.05) is 11.9 Å². The summed E-state index contributed by atoms with van der Waals surface area (Å²) in [6, 6.07) is 0. The Balaban J connectivity index is 2.59. The summed E-state index contributed by atoms with van der Waals surface area (Å²) in [6.45, 7) is 9.55. The molecule has 5 nitrogen and oxygen atoms in total. The van der Waals surface area contributed by atoms with Crippen LogP contribution in [0.2, 0.25) is 0 Å². The minimum atomic E-state index is -0.0397. The smallest absolute Gasteiger partial charge is 0.198 e. The lowest BCUT2D eigenvalue weighted by Crippen LogP contribution is -2.19. The van der Waals surface area contributed by atoms with E-state index in [4.69, 9.17) is 4.98 Å². The van der Waals surface area contributed by atoms with Crippen LogP contribution in [0.5, 0.6) is 0 Å². The number of hydrogen-bond donors (Lipinski definition) is 1. The fourth-order valence-electron chi connectivity index (χ4n) is 1.99. The summed E-state index contributed by atoms with van der Waals surface area (Å²) in [5, 5.41) is 3.40. The minimum absolute atomic E-state index is 0.0397. The van der Waals surface area contributed by atoms with Gasteiger partial charge in [-0.2, -0.15) is 0 Å². The van der Waals surface area contributed by atoms with Gasteiger partial charge >= 0.3 is 0 Å². The van der Waals surface area contributed by atoms with Gasteiger partial charge in [0, 0.05) is 31.4 Å². The normalized spacial score (nSPS) is 11.7. The maximum Gasteiger partial charge on any atom is 0.198 e. The maximum atomic E-state index is 4.77. The molecule has 0 unspecified atom stereocenters. The van der Waals surface area contributed by atoms with E-state index in [1.165, 1.54) is 0 Å². The molecule has 0 radical (unpaired) electrons. The summed E-state index contributed by atoms with van der Waals surface area (Å²) in [6.07, 6.45) is 4.74. The highest BCUT2D eigenvalue weighted by Crippen LogP contribution is 2.31. The third kappa shape index (κ3) is 3.53. The van der Waals surface area contributed by atoms with Crippen LogP contribution in [-0.4, -0.2) is 26.1 Å². The predicted molar refractivity (Wildman–Crippen MR) is 94.4 cm³/mol. The van der Waals surface area contributed by atoms with E-state index in [-0.39, 0.29) is 5.41 Å². The summed E-state index contributed by atoms with van der Waals surface area (Å²) in [7, 11) is 1.96. The first-order valence-electron chi connectivity index (χ1n) is 7.14. The Hall–Kier alpha value is -1.18. The summed E-state index contributed by atoms with van der Waals surface area (Å²) < 4.78 is 3.03. The van der Waals surface area contributed by atoms with Crippen molar-refractivity contribution < 1.29 is 0 Å². The quantitative estimate of drug-likeness (QED) is 0.799. The number of aryl methyl sites for hydroxylation is 1. The number of aromatic nitrogens is 4. The van der Waals surface area contributed by atoms with Gasteiger partial charge in [0.25, 0.3) is 0 Å². The molecule has 0 saturated heterocycles. The van der Waals surface area contributed by atoms with Gasteiger partial charge in [0.1, 0.15) is 5.82 Å². The highest BCUT2D eigenvalue weighted by atomic mass is 127. The van der Waals surface area contributed by atoms with E-state index in [9.17, 15) is 0 Å². The van der Waals surface area contributed by atoms with Gasteiger partial charge in [-0.1, -0.05) is 27.7 Å². The molecule has 6 heteroatoms. The van der Waals surface area contributed by atoms with Gasteiger partial charge in [-0.25, -0.2) is 15.0 Å². The first kappa shape index (κ1) is 16.2. The summed E-state index contributed by atoms with van der Waals surface area (Å²) >= 11 is 2.33. The Morgan fingerprint density at radius 2 is 2.00 bits per heavy atom. The molecule has 0 aromatic carbocycles. The van der Waals surface area contributed by atoms with Crippen molar-refractivity contribution in [1.29, 1.82) is 0 Å². The van der Waals surface area contributed by atoms with Gasteiger partial charge in [0.2, 0.25) is 0 Å². The van der Waals surface area contributed by atoms with Gasteiger partial charge < -0.3 is 9.88 Å². The summed E-state index contributed by atoms with van der Waals surface area (Å²) in [5.41, 5.74) is 1.01. The van der Waals surface area contributed by atoms with Crippen LogP contribution in [0.15, 0.2) is 12.4 Å². The Kier molecular flexibility index (Phi) is 4.85. The van der Waals surface area contributed by atoms with Crippen LogP contribution >= 0.6 is 22.6 Å². The average molecular weight is 399 g/mol. The molecule has 0 spiro atoms. The second-order valence-corrected chi connectivity index (χ2v) is 7.18. The van der Waals surface area contributed by atoms with Crippen molar-refractivity contribution in [3.8, 4) is 11.6 Å². The zero-order valence-electron chi connectivity index (χ0n) is 13.2. The average Bonchev–Trinajstić information content (AvgIpc) is 2.82. The third-order valence-electron chi connectivity index (χ3n) is 3.13. The van der Waals surface area contributed by atoms with E-state index >= 15 is 0 Å². The molecule has 21 heavy (non-hydrogen) atoms. The lowest BCUT2D eigenvalue weighted by atomic mass is 9.92. The molecular formula is C15H22IN5. The van der Waals surface area contributed by atoms with Crippen LogP contribution in [0.25, 0.3) is 11.6 Å². The molecule has 0 aliphatic carbocycles. The van der Waals surface area contributed by atoms with E-state index in [1.54, 1.807) is 6.20 Å².